The van der Waals surface area contributed by atoms with Crippen LogP contribution in [0.4, 0.5) is 17.3 Å². The van der Waals surface area contributed by atoms with Crippen molar-refractivity contribution in [2.24, 2.45) is 0 Å². The number of aromatic nitrogens is 2. The molecule has 1 aromatic heterocycles. The van der Waals surface area contributed by atoms with Crippen molar-refractivity contribution in [2.45, 2.75) is 20.3 Å². The van der Waals surface area contributed by atoms with Crippen molar-refractivity contribution in [2.75, 3.05) is 17.2 Å². The van der Waals surface area contributed by atoms with E-state index in [1.165, 1.54) is 0 Å². The van der Waals surface area contributed by atoms with Gasteiger partial charge in [0.2, 0.25) is 0 Å². The maximum atomic E-state index is 6.01. The molecule has 0 bridgehead atoms. The zero-order valence-corrected chi connectivity index (χ0v) is 13.7. The van der Waals surface area contributed by atoms with E-state index in [0.717, 1.165) is 34.8 Å². The third-order valence-electron chi connectivity index (χ3n) is 2.59. The van der Waals surface area contributed by atoms with E-state index in [1.54, 1.807) is 0 Å². The van der Waals surface area contributed by atoms with E-state index in [9.17, 15) is 0 Å². The minimum Gasteiger partial charge on any atom is -0.370 e. The molecule has 2 aromatic rings. The van der Waals surface area contributed by atoms with Crippen LogP contribution in [0.5, 0.6) is 0 Å². The van der Waals surface area contributed by atoms with Crippen LogP contribution in [0.3, 0.4) is 0 Å². The number of aryl methyl sites for hydroxylation is 1. The molecule has 2 rings (SSSR count). The second-order valence-electron chi connectivity index (χ2n) is 4.36. The van der Waals surface area contributed by atoms with Crippen LogP contribution in [0.2, 0.25) is 5.02 Å². The van der Waals surface area contributed by atoms with E-state index in [4.69, 9.17) is 11.6 Å². The highest BCUT2D eigenvalue weighted by Crippen LogP contribution is 2.28. The van der Waals surface area contributed by atoms with Gasteiger partial charge in [-0.15, -0.1) is 0 Å². The standard InChI is InChI=1S/C14H16BrClN4/c1-3-6-17-13-8-14(19-9(2)18-13)20-12-7-10(16)4-5-11(12)15/h4-5,7-8H,3,6H2,1-2H3,(H2,17,18,19,20). The predicted molar refractivity (Wildman–Crippen MR) is 88.0 cm³/mol. The van der Waals surface area contributed by atoms with Gasteiger partial charge in [0.1, 0.15) is 17.5 Å². The molecule has 0 aliphatic carbocycles. The average molecular weight is 356 g/mol. The summed E-state index contributed by atoms with van der Waals surface area (Å²) in [5, 5.41) is 7.18. The molecule has 0 amide bonds. The zero-order valence-electron chi connectivity index (χ0n) is 11.4. The number of nitrogens with one attached hydrogen (secondary N) is 2. The van der Waals surface area contributed by atoms with E-state index < -0.39 is 0 Å². The van der Waals surface area contributed by atoms with Gasteiger partial charge >= 0.3 is 0 Å². The predicted octanol–water partition coefficient (Wildman–Crippen LogP) is 4.77. The molecule has 0 aliphatic heterocycles. The summed E-state index contributed by atoms with van der Waals surface area (Å²) < 4.78 is 0.932. The molecule has 0 spiro atoms. The zero-order chi connectivity index (χ0) is 14.5. The summed E-state index contributed by atoms with van der Waals surface area (Å²) in [7, 11) is 0. The molecule has 106 valence electrons. The Labute approximate surface area is 132 Å². The quantitative estimate of drug-likeness (QED) is 0.811. The number of nitrogens with zero attached hydrogens (tertiary/aromatic N) is 2. The van der Waals surface area contributed by atoms with Gasteiger partial charge in [-0.05, 0) is 47.5 Å². The van der Waals surface area contributed by atoms with Gasteiger partial charge in [0.05, 0.1) is 5.69 Å². The Hall–Kier alpha value is -1.33. The lowest BCUT2D eigenvalue weighted by Crippen LogP contribution is -2.05. The first-order valence-corrected chi connectivity index (χ1v) is 7.57. The van der Waals surface area contributed by atoms with E-state index in [0.29, 0.717) is 10.8 Å². The van der Waals surface area contributed by atoms with Crippen LogP contribution >= 0.6 is 27.5 Å². The first kappa shape index (κ1) is 15.1. The molecule has 0 unspecified atom stereocenters. The minimum atomic E-state index is 0.672. The molecule has 0 saturated carbocycles. The molecule has 0 fully saturated rings. The SMILES string of the molecule is CCCNc1cc(Nc2cc(Cl)ccc2Br)nc(C)n1. The Kier molecular flexibility index (Phi) is 5.20. The third-order valence-corrected chi connectivity index (χ3v) is 3.51. The van der Waals surface area contributed by atoms with Crippen LogP contribution in [0, 0.1) is 6.92 Å². The van der Waals surface area contributed by atoms with Gasteiger partial charge in [-0.25, -0.2) is 9.97 Å². The maximum Gasteiger partial charge on any atom is 0.136 e. The van der Waals surface area contributed by atoms with Crippen LogP contribution in [-0.2, 0) is 0 Å². The smallest absolute Gasteiger partial charge is 0.136 e. The minimum absolute atomic E-state index is 0.672. The van der Waals surface area contributed by atoms with Crippen molar-refractivity contribution < 1.29 is 0 Å². The van der Waals surface area contributed by atoms with Crippen molar-refractivity contribution >= 4 is 44.9 Å². The van der Waals surface area contributed by atoms with Crippen molar-refractivity contribution in [1.29, 1.82) is 0 Å². The van der Waals surface area contributed by atoms with Gasteiger partial charge < -0.3 is 10.6 Å². The summed E-state index contributed by atoms with van der Waals surface area (Å²) in [6, 6.07) is 7.46. The average Bonchev–Trinajstić information content (AvgIpc) is 2.40. The summed E-state index contributed by atoms with van der Waals surface area (Å²) in [6.45, 7) is 4.87. The van der Waals surface area contributed by atoms with Gasteiger partial charge in [0, 0.05) is 22.1 Å². The fourth-order valence-corrected chi connectivity index (χ4v) is 2.22. The highest BCUT2D eigenvalue weighted by molar-refractivity contribution is 9.10. The van der Waals surface area contributed by atoms with Crippen molar-refractivity contribution in [3.63, 3.8) is 0 Å². The number of anilines is 3. The summed E-state index contributed by atoms with van der Waals surface area (Å²) in [6.07, 6.45) is 1.05. The Morgan fingerprint density at radius 2 is 1.95 bits per heavy atom. The lowest BCUT2D eigenvalue weighted by Gasteiger charge is -2.11. The highest BCUT2D eigenvalue weighted by atomic mass is 79.9. The number of benzene rings is 1. The third kappa shape index (κ3) is 4.08. The van der Waals surface area contributed by atoms with Crippen LogP contribution in [0.25, 0.3) is 0 Å². The molecule has 0 aliphatic rings. The van der Waals surface area contributed by atoms with Crippen molar-refractivity contribution in [1.82, 2.24) is 9.97 Å². The molecule has 0 radical (unpaired) electrons. The Balaban J connectivity index is 2.24. The number of rotatable bonds is 5. The summed E-state index contributed by atoms with van der Waals surface area (Å²) in [4.78, 5) is 8.73. The Morgan fingerprint density at radius 1 is 1.20 bits per heavy atom. The Bertz CT molecular complexity index is 604. The molecule has 1 aromatic carbocycles. The maximum absolute atomic E-state index is 6.01. The number of hydrogen-bond acceptors (Lipinski definition) is 4. The van der Waals surface area contributed by atoms with Gasteiger partial charge in [-0.2, -0.15) is 0 Å². The van der Waals surface area contributed by atoms with Crippen molar-refractivity contribution in [3.8, 4) is 0 Å². The highest BCUT2D eigenvalue weighted by Gasteiger charge is 2.05. The monoisotopic (exact) mass is 354 g/mol. The lowest BCUT2D eigenvalue weighted by molar-refractivity contribution is 0.955. The first-order valence-electron chi connectivity index (χ1n) is 6.40. The fourth-order valence-electron chi connectivity index (χ4n) is 1.71. The molecular formula is C14H16BrClN4. The van der Waals surface area contributed by atoms with Gasteiger partial charge in [0.25, 0.3) is 0 Å². The molecule has 4 nitrogen and oxygen atoms in total. The molecule has 0 atom stereocenters. The van der Waals surface area contributed by atoms with E-state index in [-0.39, 0.29) is 0 Å². The molecular weight excluding hydrogens is 340 g/mol. The largest absolute Gasteiger partial charge is 0.370 e. The molecule has 1 heterocycles. The normalized spacial score (nSPS) is 10.4. The van der Waals surface area contributed by atoms with E-state index in [1.807, 2.05) is 31.2 Å². The second-order valence-corrected chi connectivity index (χ2v) is 5.65. The van der Waals surface area contributed by atoms with Crippen molar-refractivity contribution in [3.05, 3.63) is 39.6 Å². The number of halogens is 2. The Morgan fingerprint density at radius 3 is 2.70 bits per heavy atom. The summed E-state index contributed by atoms with van der Waals surface area (Å²) in [5.41, 5.74) is 0.872. The summed E-state index contributed by atoms with van der Waals surface area (Å²) >= 11 is 9.49. The summed E-state index contributed by atoms with van der Waals surface area (Å²) in [5.74, 6) is 2.27. The van der Waals surface area contributed by atoms with Crippen LogP contribution < -0.4 is 10.6 Å². The van der Waals surface area contributed by atoms with E-state index >= 15 is 0 Å². The molecule has 20 heavy (non-hydrogen) atoms. The first-order chi connectivity index (χ1) is 9.58. The molecule has 0 saturated heterocycles. The van der Waals surface area contributed by atoms with Crippen LogP contribution in [0.1, 0.15) is 19.2 Å². The van der Waals surface area contributed by atoms with Crippen LogP contribution in [-0.4, -0.2) is 16.5 Å². The fraction of sp³-hybridized carbons (Fsp3) is 0.286. The van der Waals surface area contributed by atoms with Gasteiger partial charge in [0.15, 0.2) is 0 Å². The molecule has 2 N–H and O–H groups in total. The van der Waals surface area contributed by atoms with E-state index in [2.05, 4.69) is 43.5 Å². The topological polar surface area (TPSA) is 49.8 Å². The number of hydrogen-bond donors (Lipinski definition) is 2. The van der Waals surface area contributed by atoms with Gasteiger partial charge in [-0.1, -0.05) is 18.5 Å². The van der Waals surface area contributed by atoms with Gasteiger partial charge in [-0.3, -0.25) is 0 Å². The molecule has 6 heteroatoms. The second kappa shape index (κ2) is 6.90. The lowest BCUT2D eigenvalue weighted by atomic mass is 10.3. The van der Waals surface area contributed by atoms with Crippen LogP contribution in [0.15, 0.2) is 28.7 Å².